The van der Waals surface area contributed by atoms with Crippen LogP contribution >= 0.6 is 0 Å². The first-order valence-electron chi connectivity index (χ1n) is 8.37. The standard InChI is InChI=1S/C19H29NO4/c1-14(17(21)23-13-16-9-7-6-8-10-16)11-12-15(2)20-18(22)24-19(3,4)5/h6-10,14-15H,11-13H2,1-5H3,(H,20,22)/t14?,15-/m1/s1. The second kappa shape index (κ2) is 9.30. The number of carbonyl (C=O) groups excluding carboxylic acids is 2. The lowest BCUT2D eigenvalue weighted by Crippen LogP contribution is -2.38. The highest BCUT2D eigenvalue weighted by Gasteiger charge is 2.19. The van der Waals surface area contributed by atoms with Crippen LogP contribution in [0.2, 0.25) is 0 Å². The summed E-state index contributed by atoms with van der Waals surface area (Å²) in [5, 5.41) is 2.78. The van der Waals surface area contributed by atoms with Gasteiger partial charge in [-0.05, 0) is 46.1 Å². The number of hydrogen-bond donors (Lipinski definition) is 1. The van der Waals surface area contributed by atoms with Crippen LogP contribution in [0.5, 0.6) is 0 Å². The Bertz CT molecular complexity index is 522. The molecule has 0 aromatic heterocycles. The molecule has 0 radical (unpaired) electrons. The van der Waals surface area contributed by atoms with Crippen molar-refractivity contribution in [2.24, 2.45) is 5.92 Å². The molecule has 24 heavy (non-hydrogen) atoms. The Balaban J connectivity index is 2.27. The highest BCUT2D eigenvalue weighted by atomic mass is 16.6. The minimum Gasteiger partial charge on any atom is -0.461 e. The first kappa shape index (κ1) is 20.0. The Hall–Kier alpha value is -2.04. The van der Waals surface area contributed by atoms with Crippen molar-refractivity contribution < 1.29 is 19.1 Å². The number of carbonyl (C=O) groups is 2. The number of hydrogen-bond acceptors (Lipinski definition) is 4. The fraction of sp³-hybridized carbons (Fsp3) is 0.579. The Morgan fingerprint density at radius 1 is 1.08 bits per heavy atom. The summed E-state index contributed by atoms with van der Waals surface area (Å²) in [7, 11) is 0. The van der Waals surface area contributed by atoms with Gasteiger partial charge in [-0.2, -0.15) is 0 Å². The first-order valence-corrected chi connectivity index (χ1v) is 8.37. The molecule has 0 spiro atoms. The van der Waals surface area contributed by atoms with E-state index in [0.717, 1.165) is 5.56 Å². The number of benzene rings is 1. The third-order valence-corrected chi connectivity index (χ3v) is 3.42. The fourth-order valence-electron chi connectivity index (χ4n) is 2.07. The van der Waals surface area contributed by atoms with Crippen LogP contribution < -0.4 is 5.32 Å². The van der Waals surface area contributed by atoms with E-state index in [0.29, 0.717) is 12.8 Å². The van der Waals surface area contributed by atoms with Crippen LogP contribution in [-0.2, 0) is 20.9 Å². The second-order valence-corrected chi connectivity index (χ2v) is 7.12. The monoisotopic (exact) mass is 335 g/mol. The number of nitrogens with one attached hydrogen (secondary N) is 1. The van der Waals surface area contributed by atoms with E-state index >= 15 is 0 Å². The Labute approximate surface area is 144 Å². The largest absolute Gasteiger partial charge is 0.461 e. The van der Waals surface area contributed by atoms with Gasteiger partial charge in [-0.3, -0.25) is 4.79 Å². The topological polar surface area (TPSA) is 64.6 Å². The molecule has 0 aliphatic carbocycles. The Kier molecular flexibility index (Phi) is 7.75. The van der Waals surface area contributed by atoms with Gasteiger partial charge in [0.15, 0.2) is 0 Å². The summed E-state index contributed by atoms with van der Waals surface area (Å²) in [6, 6.07) is 9.53. The quantitative estimate of drug-likeness (QED) is 0.763. The molecule has 1 rings (SSSR count). The SMILES string of the molecule is CC(CC[C@@H](C)NC(=O)OC(C)(C)C)C(=O)OCc1ccccc1. The molecule has 0 fully saturated rings. The molecule has 0 aliphatic rings. The molecule has 1 amide bonds. The van der Waals surface area contributed by atoms with Gasteiger partial charge < -0.3 is 14.8 Å². The third-order valence-electron chi connectivity index (χ3n) is 3.42. The average molecular weight is 335 g/mol. The van der Waals surface area contributed by atoms with Crippen LogP contribution in [0.15, 0.2) is 30.3 Å². The molecule has 0 saturated carbocycles. The average Bonchev–Trinajstić information content (AvgIpc) is 2.49. The lowest BCUT2D eigenvalue weighted by Gasteiger charge is -2.22. The van der Waals surface area contributed by atoms with Gasteiger partial charge in [0.25, 0.3) is 0 Å². The van der Waals surface area contributed by atoms with Crippen molar-refractivity contribution in [1.29, 1.82) is 0 Å². The minimum atomic E-state index is -0.516. The molecule has 0 bridgehead atoms. The fourth-order valence-corrected chi connectivity index (χ4v) is 2.07. The van der Waals surface area contributed by atoms with Crippen molar-refractivity contribution in [3.05, 3.63) is 35.9 Å². The molecule has 5 heteroatoms. The van der Waals surface area contributed by atoms with Crippen molar-refractivity contribution in [1.82, 2.24) is 5.32 Å². The lowest BCUT2D eigenvalue weighted by molar-refractivity contribution is -0.149. The maximum Gasteiger partial charge on any atom is 0.407 e. The molecule has 1 N–H and O–H groups in total. The van der Waals surface area contributed by atoms with E-state index in [-0.39, 0.29) is 24.5 Å². The zero-order valence-electron chi connectivity index (χ0n) is 15.3. The van der Waals surface area contributed by atoms with Gasteiger partial charge in [-0.1, -0.05) is 37.3 Å². The summed E-state index contributed by atoms with van der Waals surface area (Å²) in [6.45, 7) is 9.49. The molecule has 134 valence electrons. The van der Waals surface area contributed by atoms with Crippen LogP contribution in [0.3, 0.4) is 0 Å². The first-order chi connectivity index (χ1) is 11.2. The van der Waals surface area contributed by atoms with Gasteiger partial charge in [0.1, 0.15) is 12.2 Å². The maximum atomic E-state index is 12.0. The molecule has 1 aromatic carbocycles. The van der Waals surface area contributed by atoms with Crippen LogP contribution in [0.1, 0.15) is 53.0 Å². The molecule has 0 heterocycles. The van der Waals surface area contributed by atoms with Crippen molar-refractivity contribution in [2.75, 3.05) is 0 Å². The smallest absolute Gasteiger partial charge is 0.407 e. The van der Waals surface area contributed by atoms with Crippen LogP contribution in [0.25, 0.3) is 0 Å². The summed E-state index contributed by atoms with van der Waals surface area (Å²) >= 11 is 0. The van der Waals surface area contributed by atoms with Crippen molar-refractivity contribution in [3.63, 3.8) is 0 Å². The summed E-state index contributed by atoms with van der Waals surface area (Å²) in [4.78, 5) is 23.7. The second-order valence-electron chi connectivity index (χ2n) is 7.12. The molecular formula is C19H29NO4. The van der Waals surface area contributed by atoms with Gasteiger partial charge >= 0.3 is 12.1 Å². The van der Waals surface area contributed by atoms with E-state index < -0.39 is 11.7 Å². The van der Waals surface area contributed by atoms with Crippen LogP contribution in [0.4, 0.5) is 4.79 Å². The normalized spacial score (nSPS) is 13.7. The predicted octanol–water partition coefficient (Wildman–Crippen LogP) is 4.06. The molecule has 0 saturated heterocycles. The number of amides is 1. The van der Waals surface area contributed by atoms with Crippen LogP contribution in [-0.4, -0.2) is 23.7 Å². The molecule has 2 atom stereocenters. The van der Waals surface area contributed by atoms with Gasteiger partial charge in [0, 0.05) is 6.04 Å². The summed E-state index contributed by atoms with van der Waals surface area (Å²) in [5.74, 6) is -0.431. The van der Waals surface area contributed by atoms with Crippen LogP contribution in [0, 0.1) is 5.92 Å². The van der Waals surface area contributed by atoms with E-state index in [1.165, 1.54) is 0 Å². The number of ether oxygens (including phenoxy) is 2. The summed E-state index contributed by atoms with van der Waals surface area (Å²) in [6.07, 6.45) is 0.889. The number of alkyl carbamates (subject to hydrolysis) is 1. The van der Waals surface area contributed by atoms with E-state index in [2.05, 4.69) is 5.32 Å². The van der Waals surface area contributed by atoms with Gasteiger partial charge in [0.2, 0.25) is 0 Å². The van der Waals surface area contributed by atoms with Gasteiger partial charge in [-0.15, -0.1) is 0 Å². The van der Waals surface area contributed by atoms with Crippen molar-refractivity contribution in [2.45, 2.75) is 65.7 Å². The lowest BCUT2D eigenvalue weighted by atomic mass is 10.0. The summed E-state index contributed by atoms with van der Waals surface area (Å²) < 4.78 is 10.5. The minimum absolute atomic E-state index is 0.0655. The zero-order chi connectivity index (χ0) is 18.2. The van der Waals surface area contributed by atoms with E-state index in [9.17, 15) is 9.59 Å². The summed E-state index contributed by atoms with van der Waals surface area (Å²) in [5.41, 5.74) is 0.455. The highest BCUT2D eigenvalue weighted by molar-refractivity contribution is 5.72. The highest BCUT2D eigenvalue weighted by Crippen LogP contribution is 2.13. The predicted molar refractivity (Wildman–Crippen MR) is 93.5 cm³/mol. The van der Waals surface area contributed by atoms with E-state index in [1.54, 1.807) is 0 Å². The number of rotatable bonds is 7. The molecule has 0 aliphatic heterocycles. The third kappa shape index (κ3) is 8.56. The zero-order valence-corrected chi connectivity index (χ0v) is 15.3. The molecular weight excluding hydrogens is 306 g/mol. The van der Waals surface area contributed by atoms with Gasteiger partial charge in [-0.25, -0.2) is 4.79 Å². The number of esters is 1. The van der Waals surface area contributed by atoms with E-state index in [4.69, 9.17) is 9.47 Å². The molecule has 1 aromatic rings. The molecule has 1 unspecified atom stereocenters. The van der Waals surface area contributed by atoms with Crippen molar-refractivity contribution >= 4 is 12.1 Å². The van der Waals surface area contributed by atoms with E-state index in [1.807, 2.05) is 65.0 Å². The Morgan fingerprint density at radius 3 is 2.29 bits per heavy atom. The maximum absolute atomic E-state index is 12.0. The van der Waals surface area contributed by atoms with Crippen molar-refractivity contribution in [3.8, 4) is 0 Å². The Morgan fingerprint density at radius 2 is 1.71 bits per heavy atom. The van der Waals surface area contributed by atoms with Gasteiger partial charge in [0.05, 0.1) is 5.92 Å². The molecule has 5 nitrogen and oxygen atoms in total.